The third-order valence-electron chi connectivity index (χ3n) is 2.93. The van der Waals surface area contributed by atoms with Crippen LogP contribution >= 0.6 is 0 Å². The van der Waals surface area contributed by atoms with Crippen LogP contribution in [0.4, 0.5) is 4.79 Å². The molecule has 2 atom stereocenters. The summed E-state index contributed by atoms with van der Waals surface area (Å²) in [4.78, 5) is 13.7. The quantitative estimate of drug-likeness (QED) is 0.835. The van der Waals surface area contributed by atoms with E-state index in [9.17, 15) is 4.79 Å². The van der Waals surface area contributed by atoms with Crippen molar-refractivity contribution < 1.29 is 14.3 Å². The number of carbonyl (C=O) groups is 1. The maximum atomic E-state index is 11.9. The standard InChI is InChI=1S/C13H26N2O3/c1-10-9-15(12(16)18-13(2,3)4)7-5-11(10)17-8-6-14/h10-11H,5-9,14H2,1-4H3. The summed E-state index contributed by atoms with van der Waals surface area (Å²) in [5.41, 5.74) is 4.99. The number of nitrogens with zero attached hydrogens (tertiary/aromatic N) is 1. The Morgan fingerprint density at radius 2 is 2.11 bits per heavy atom. The number of ether oxygens (including phenoxy) is 2. The Hall–Kier alpha value is -0.810. The molecule has 5 heteroatoms. The molecule has 106 valence electrons. The maximum absolute atomic E-state index is 11.9. The van der Waals surface area contributed by atoms with Crippen molar-refractivity contribution in [3.63, 3.8) is 0 Å². The second-order valence-electron chi connectivity index (χ2n) is 5.89. The first-order chi connectivity index (χ1) is 8.33. The van der Waals surface area contributed by atoms with E-state index in [1.54, 1.807) is 4.90 Å². The van der Waals surface area contributed by atoms with Crippen molar-refractivity contribution in [3.05, 3.63) is 0 Å². The number of amides is 1. The highest BCUT2D eigenvalue weighted by Crippen LogP contribution is 2.21. The molecule has 0 aromatic heterocycles. The lowest BCUT2D eigenvalue weighted by Crippen LogP contribution is -2.47. The molecule has 0 aromatic rings. The third-order valence-corrected chi connectivity index (χ3v) is 2.93. The van der Waals surface area contributed by atoms with Gasteiger partial charge >= 0.3 is 6.09 Å². The molecular weight excluding hydrogens is 232 g/mol. The first-order valence-electron chi connectivity index (χ1n) is 6.63. The lowest BCUT2D eigenvalue weighted by molar-refractivity contribution is -0.0344. The number of piperidine rings is 1. The van der Waals surface area contributed by atoms with Gasteiger partial charge in [-0.3, -0.25) is 0 Å². The fraction of sp³-hybridized carbons (Fsp3) is 0.923. The van der Waals surface area contributed by atoms with Gasteiger partial charge in [-0.15, -0.1) is 0 Å². The van der Waals surface area contributed by atoms with Crippen molar-refractivity contribution >= 4 is 6.09 Å². The summed E-state index contributed by atoms with van der Waals surface area (Å²) in [6, 6.07) is 0. The van der Waals surface area contributed by atoms with Crippen molar-refractivity contribution in [2.24, 2.45) is 11.7 Å². The van der Waals surface area contributed by atoms with Gasteiger partial charge < -0.3 is 20.1 Å². The largest absolute Gasteiger partial charge is 0.444 e. The molecule has 1 amide bonds. The van der Waals surface area contributed by atoms with Crippen LogP contribution in [0.1, 0.15) is 34.1 Å². The lowest BCUT2D eigenvalue weighted by atomic mass is 9.97. The molecule has 0 spiro atoms. The highest BCUT2D eigenvalue weighted by Gasteiger charge is 2.31. The van der Waals surface area contributed by atoms with E-state index in [0.717, 1.165) is 6.42 Å². The number of nitrogens with two attached hydrogens (primary N) is 1. The molecule has 0 saturated carbocycles. The molecule has 1 aliphatic heterocycles. The molecule has 1 aliphatic rings. The Balaban J connectivity index is 2.43. The van der Waals surface area contributed by atoms with E-state index in [-0.39, 0.29) is 12.2 Å². The van der Waals surface area contributed by atoms with Crippen LogP contribution in [-0.4, -0.2) is 48.9 Å². The van der Waals surface area contributed by atoms with Crippen LogP contribution in [0, 0.1) is 5.92 Å². The average Bonchev–Trinajstić information content (AvgIpc) is 2.25. The third kappa shape index (κ3) is 4.82. The highest BCUT2D eigenvalue weighted by atomic mass is 16.6. The van der Waals surface area contributed by atoms with Crippen LogP contribution in [-0.2, 0) is 9.47 Å². The first-order valence-corrected chi connectivity index (χ1v) is 6.63. The number of hydrogen-bond acceptors (Lipinski definition) is 4. The molecule has 0 aromatic carbocycles. The zero-order valence-corrected chi connectivity index (χ0v) is 11.9. The molecule has 1 heterocycles. The monoisotopic (exact) mass is 258 g/mol. The molecule has 0 aliphatic carbocycles. The van der Waals surface area contributed by atoms with Crippen molar-refractivity contribution in [2.75, 3.05) is 26.2 Å². The molecule has 1 fully saturated rings. The van der Waals surface area contributed by atoms with E-state index in [0.29, 0.717) is 32.2 Å². The van der Waals surface area contributed by atoms with Gasteiger partial charge in [0, 0.05) is 25.6 Å². The molecule has 1 saturated heterocycles. The Morgan fingerprint density at radius 1 is 1.44 bits per heavy atom. The summed E-state index contributed by atoms with van der Waals surface area (Å²) in [7, 11) is 0. The summed E-state index contributed by atoms with van der Waals surface area (Å²) in [6.07, 6.45) is 0.819. The molecule has 18 heavy (non-hydrogen) atoms. The van der Waals surface area contributed by atoms with Gasteiger partial charge in [-0.25, -0.2) is 4.79 Å². The minimum Gasteiger partial charge on any atom is -0.444 e. The Morgan fingerprint density at radius 3 is 2.61 bits per heavy atom. The lowest BCUT2D eigenvalue weighted by Gasteiger charge is -2.37. The average molecular weight is 258 g/mol. The fourth-order valence-corrected chi connectivity index (χ4v) is 2.08. The number of hydrogen-bond donors (Lipinski definition) is 1. The van der Waals surface area contributed by atoms with Crippen molar-refractivity contribution in [2.45, 2.75) is 45.8 Å². The van der Waals surface area contributed by atoms with E-state index in [1.165, 1.54) is 0 Å². The molecule has 2 unspecified atom stereocenters. The normalized spacial score (nSPS) is 25.1. The molecular formula is C13H26N2O3. The second-order valence-corrected chi connectivity index (χ2v) is 5.89. The van der Waals surface area contributed by atoms with Crippen molar-refractivity contribution in [3.8, 4) is 0 Å². The van der Waals surface area contributed by atoms with Gasteiger partial charge in [-0.2, -0.15) is 0 Å². The van der Waals surface area contributed by atoms with Crippen LogP contribution in [0.15, 0.2) is 0 Å². The van der Waals surface area contributed by atoms with Crippen molar-refractivity contribution in [1.29, 1.82) is 0 Å². The van der Waals surface area contributed by atoms with Gasteiger partial charge in [0.15, 0.2) is 0 Å². The Labute approximate surface area is 110 Å². The van der Waals surface area contributed by atoms with Crippen LogP contribution in [0.2, 0.25) is 0 Å². The highest BCUT2D eigenvalue weighted by molar-refractivity contribution is 5.68. The summed E-state index contributed by atoms with van der Waals surface area (Å²) < 4.78 is 11.0. The molecule has 2 N–H and O–H groups in total. The van der Waals surface area contributed by atoms with Gasteiger partial charge in [0.25, 0.3) is 0 Å². The van der Waals surface area contributed by atoms with Gasteiger partial charge in [-0.1, -0.05) is 6.92 Å². The Kier molecular flexibility index (Phi) is 5.41. The smallest absolute Gasteiger partial charge is 0.410 e. The van der Waals surface area contributed by atoms with Gasteiger partial charge in [0.2, 0.25) is 0 Å². The molecule has 1 rings (SSSR count). The topological polar surface area (TPSA) is 64.8 Å². The minimum atomic E-state index is -0.437. The van der Waals surface area contributed by atoms with Crippen LogP contribution in [0.5, 0.6) is 0 Å². The van der Waals surface area contributed by atoms with E-state index in [4.69, 9.17) is 15.2 Å². The van der Waals surface area contributed by atoms with Gasteiger partial charge in [0.1, 0.15) is 5.60 Å². The van der Waals surface area contributed by atoms with Crippen LogP contribution < -0.4 is 5.73 Å². The molecule has 0 bridgehead atoms. The zero-order valence-electron chi connectivity index (χ0n) is 11.9. The number of rotatable bonds is 3. The first kappa shape index (κ1) is 15.2. The summed E-state index contributed by atoms with van der Waals surface area (Å²) in [6.45, 7) is 10.2. The summed E-state index contributed by atoms with van der Waals surface area (Å²) in [5, 5.41) is 0. The SMILES string of the molecule is CC1CN(C(=O)OC(C)(C)C)CCC1OCCN. The van der Waals surface area contributed by atoms with Crippen LogP contribution in [0.3, 0.4) is 0 Å². The molecule has 0 radical (unpaired) electrons. The maximum Gasteiger partial charge on any atom is 0.410 e. The van der Waals surface area contributed by atoms with Gasteiger partial charge in [-0.05, 0) is 27.2 Å². The minimum absolute atomic E-state index is 0.201. The predicted octanol–water partition coefficient (Wildman–Crippen LogP) is 1.61. The zero-order chi connectivity index (χ0) is 13.8. The number of carbonyl (C=O) groups excluding carboxylic acids is 1. The fourth-order valence-electron chi connectivity index (χ4n) is 2.08. The van der Waals surface area contributed by atoms with E-state index in [2.05, 4.69) is 6.92 Å². The second kappa shape index (κ2) is 6.38. The van der Waals surface area contributed by atoms with Crippen molar-refractivity contribution in [1.82, 2.24) is 4.90 Å². The molecule has 5 nitrogen and oxygen atoms in total. The Bertz CT molecular complexity index is 276. The van der Waals surface area contributed by atoms with E-state index in [1.807, 2.05) is 20.8 Å². The summed E-state index contributed by atoms with van der Waals surface area (Å²) in [5.74, 6) is 0.317. The summed E-state index contributed by atoms with van der Waals surface area (Å²) >= 11 is 0. The predicted molar refractivity (Wildman–Crippen MR) is 70.4 cm³/mol. The van der Waals surface area contributed by atoms with Gasteiger partial charge in [0.05, 0.1) is 12.7 Å². The van der Waals surface area contributed by atoms with E-state index >= 15 is 0 Å². The van der Waals surface area contributed by atoms with E-state index < -0.39 is 5.60 Å². The van der Waals surface area contributed by atoms with Crippen LogP contribution in [0.25, 0.3) is 0 Å². The number of likely N-dealkylation sites (tertiary alicyclic amines) is 1.